The van der Waals surface area contributed by atoms with E-state index in [2.05, 4.69) is 0 Å². The molecule has 14 heavy (non-hydrogen) atoms. The van der Waals surface area contributed by atoms with Crippen molar-refractivity contribution in [1.29, 1.82) is 0 Å². The molecule has 3 heteroatoms. The van der Waals surface area contributed by atoms with Crippen molar-refractivity contribution in [3.05, 3.63) is 0 Å². The van der Waals surface area contributed by atoms with Crippen molar-refractivity contribution in [2.75, 3.05) is 6.61 Å². The number of esters is 1. The summed E-state index contributed by atoms with van der Waals surface area (Å²) in [7, 11) is 0. The molecule has 0 aromatic heterocycles. The molecule has 0 saturated carbocycles. The maximum Gasteiger partial charge on any atom is 0.314 e. The predicted octanol–water partition coefficient (Wildman–Crippen LogP) is 2.13. The molecule has 3 nitrogen and oxygen atoms in total. The van der Waals surface area contributed by atoms with E-state index in [0.717, 1.165) is 6.42 Å². The highest BCUT2D eigenvalue weighted by Crippen LogP contribution is 2.26. The van der Waals surface area contributed by atoms with Crippen LogP contribution in [0.25, 0.3) is 0 Å². The molecule has 0 aromatic rings. The number of aliphatic hydroxyl groups excluding tert-OH is 1. The molecule has 0 spiro atoms. The Labute approximate surface area is 86.5 Å². The fourth-order valence-corrected chi connectivity index (χ4v) is 0.767. The highest BCUT2D eigenvalue weighted by molar-refractivity contribution is 5.76. The Morgan fingerprint density at radius 1 is 1.21 bits per heavy atom. The Balaban J connectivity index is 4.48. The second kappa shape index (κ2) is 4.78. The van der Waals surface area contributed by atoms with Crippen molar-refractivity contribution in [1.82, 2.24) is 0 Å². The van der Waals surface area contributed by atoms with Crippen LogP contribution in [0.4, 0.5) is 0 Å². The topological polar surface area (TPSA) is 46.5 Å². The van der Waals surface area contributed by atoms with Gasteiger partial charge in [-0.1, -0.05) is 13.8 Å². The molecule has 0 amide bonds. The summed E-state index contributed by atoms with van der Waals surface area (Å²) in [6, 6.07) is 0. The number of ether oxygens (including phenoxy) is 1. The van der Waals surface area contributed by atoms with Gasteiger partial charge in [-0.15, -0.1) is 0 Å². The molecule has 0 radical (unpaired) electrons. The fraction of sp³-hybridized carbons (Fsp3) is 0.909. The number of aliphatic hydroxyl groups is 1. The van der Waals surface area contributed by atoms with E-state index in [9.17, 15) is 4.79 Å². The molecule has 0 aliphatic carbocycles. The molecule has 0 rings (SSSR count). The van der Waals surface area contributed by atoms with Gasteiger partial charge in [0.05, 0.1) is 12.0 Å². The summed E-state index contributed by atoms with van der Waals surface area (Å²) in [6.45, 7) is 9.14. The van der Waals surface area contributed by atoms with Gasteiger partial charge in [0, 0.05) is 0 Å². The van der Waals surface area contributed by atoms with Gasteiger partial charge in [-0.2, -0.15) is 0 Å². The SMILES string of the molecule is CCC(C)(C)OC(=O)C(C)(CC)CO. The Morgan fingerprint density at radius 2 is 1.71 bits per heavy atom. The molecular formula is C11H22O3. The van der Waals surface area contributed by atoms with Crippen LogP contribution in [0.15, 0.2) is 0 Å². The Hall–Kier alpha value is -0.570. The van der Waals surface area contributed by atoms with Crippen LogP contribution in [0.5, 0.6) is 0 Å². The average Bonchev–Trinajstić information content (AvgIpc) is 2.16. The van der Waals surface area contributed by atoms with Gasteiger partial charge in [-0.05, 0) is 33.6 Å². The van der Waals surface area contributed by atoms with Gasteiger partial charge in [0.15, 0.2) is 0 Å². The standard InChI is InChI=1S/C11H22O3/c1-6-10(3,4)14-9(13)11(5,7-2)8-12/h12H,6-8H2,1-5H3. The summed E-state index contributed by atoms with van der Waals surface area (Å²) in [5.41, 5.74) is -1.20. The lowest BCUT2D eigenvalue weighted by atomic mass is 9.88. The Bertz CT molecular complexity index is 193. The Kier molecular flexibility index (Phi) is 4.59. The molecule has 84 valence electrons. The van der Waals surface area contributed by atoms with Gasteiger partial charge in [0.2, 0.25) is 0 Å². The van der Waals surface area contributed by atoms with Crippen LogP contribution in [-0.2, 0) is 9.53 Å². The van der Waals surface area contributed by atoms with E-state index < -0.39 is 11.0 Å². The normalized spacial score (nSPS) is 16.1. The molecule has 0 fully saturated rings. The third kappa shape index (κ3) is 3.29. The first-order valence-corrected chi connectivity index (χ1v) is 5.15. The van der Waals surface area contributed by atoms with Gasteiger partial charge in [0.25, 0.3) is 0 Å². The molecule has 1 atom stereocenters. The van der Waals surface area contributed by atoms with Crippen molar-refractivity contribution in [3.8, 4) is 0 Å². The highest BCUT2D eigenvalue weighted by atomic mass is 16.6. The average molecular weight is 202 g/mol. The first kappa shape index (κ1) is 13.4. The highest BCUT2D eigenvalue weighted by Gasteiger charge is 2.35. The van der Waals surface area contributed by atoms with Crippen molar-refractivity contribution in [3.63, 3.8) is 0 Å². The van der Waals surface area contributed by atoms with E-state index in [4.69, 9.17) is 9.84 Å². The van der Waals surface area contributed by atoms with Crippen LogP contribution < -0.4 is 0 Å². The van der Waals surface area contributed by atoms with E-state index in [0.29, 0.717) is 6.42 Å². The van der Waals surface area contributed by atoms with Crippen molar-refractivity contribution >= 4 is 5.97 Å². The second-order valence-electron chi connectivity index (χ2n) is 4.58. The summed E-state index contributed by atoms with van der Waals surface area (Å²) in [4.78, 5) is 11.7. The smallest absolute Gasteiger partial charge is 0.314 e. The van der Waals surface area contributed by atoms with Crippen LogP contribution >= 0.6 is 0 Å². The molecule has 0 aromatic carbocycles. The molecule has 0 aliphatic heterocycles. The van der Waals surface area contributed by atoms with Crippen LogP contribution in [0, 0.1) is 5.41 Å². The quantitative estimate of drug-likeness (QED) is 0.695. The van der Waals surface area contributed by atoms with Crippen molar-refractivity contribution in [2.24, 2.45) is 5.41 Å². The van der Waals surface area contributed by atoms with Crippen LogP contribution in [0.2, 0.25) is 0 Å². The maximum absolute atomic E-state index is 11.7. The molecule has 1 unspecified atom stereocenters. The molecular weight excluding hydrogens is 180 g/mol. The van der Waals surface area contributed by atoms with E-state index in [1.807, 2.05) is 27.7 Å². The predicted molar refractivity (Wildman–Crippen MR) is 55.9 cm³/mol. The zero-order valence-corrected chi connectivity index (χ0v) is 9.89. The van der Waals surface area contributed by atoms with Crippen molar-refractivity contribution < 1.29 is 14.6 Å². The van der Waals surface area contributed by atoms with E-state index in [1.54, 1.807) is 6.92 Å². The van der Waals surface area contributed by atoms with Gasteiger partial charge >= 0.3 is 5.97 Å². The molecule has 0 aliphatic rings. The van der Waals surface area contributed by atoms with Crippen LogP contribution in [-0.4, -0.2) is 23.3 Å². The maximum atomic E-state index is 11.7. The van der Waals surface area contributed by atoms with E-state index in [1.165, 1.54) is 0 Å². The lowest BCUT2D eigenvalue weighted by Gasteiger charge is -2.30. The number of rotatable bonds is 5. The van der Waals surface area contributed by atoms with E-state index >= 15 is 0 Å². The minimum Gasteiger partial charge on any atom is -0.459 e. The number of carbonyl (C=O) groups is 1. The first-order valence-electron chi connectivity index (χ1n) is 5.15. The number of hydrogen-bond donors (Lipinski definition) is 1. The Morgan fingerprint density at radius 3 is 2.00 bits per heavy atom. The zero-order valence-electron chi connectivity index (χ0n) is 9.89. The van der Waals surface area contributed by atoms with Crippen molar-refractivity contribution in [2.45, 2.75) is 53.1 Å². The van der Waals surface area contributed by atoms with Gasteiger partial charge in [-0.3, -0.25) is 4.79 Å². The first-order chi connectivity index (χ1) is 6.31. The lowest BCUT2D eigenvalue weighted by molar-refractivity contribution is -0.171. The van der Waals surface area contributed by atoms with E-state index in [-0.39, 0.29) is 12.6 Å². The summed E-state index contributed by atoms with van der Waals surface area (Å²) < 4.78 is 5.34. The summed E-state index contributed by atoms with van der Waals surface area (Å²) >= 11 is 0. The third-order valence-electron chi connectivity index (χ3n) is 2.84. The fourth-order valence-electron chi connectivity index (χ4n) is 0.767. The minimum atomic E-state index is -0.757. The minimum absolute atomic E-state index is 0.165. The second-order valence-corrected chi connectivity index (χ2v) is 4.58. The monoisotopic (exact) mass is 202 g/mol. The number of carbonyl (C=O) groups excluding carboxylic acids is 1. The summed E-state index contributed by atoms with van der Waals surface area (Å²) in [5, 5.41) is 9.12. The van der Waals surface area contributed by atoms with Gasteiger partial charge in [0.1, 0.15) is 5.60 Å². The lowest BCUT2D eigenvalue weighted by Crippen LogP contribution is -2.38. The zero-order chi connectivity index (χ0) is 11.4. The van der Waals surface area contributed by atoms with Gasteiger partial charge < -0.3 is 9.84 Å². The third-order valence-corrected chi connectivity index (χ3v) is 2.84. The van der Waals surface area contributed by atoms with Gasteiger partial charge in [-0.25, -0.2) is 0 Å². The largest absolute Gasteiger partial charge is 0.459 e. The molecule has 0 saturated heterocycles. The molecule has 0 bridgehead atoms. The summed E-state index contributed by atoms with van der Waals surface area (Å²) in [6.07, 6.45) is 1.35. The molecule has 0 heterocycles. The van der Waals surface area contributed by atoms with Crippen LogP contribution in [0.3, 0.4) is 0 Å². The van der Waals surface area contributed by atoms with Crippen LogP contribution in [0.1, 0.15) is 47.5 Å². The molecule has 1 N–H and O–H groups in total. The summed E-state index contributed by atoms with van der Waals surface area (Å²) in [5.74, 6) is -0.311. The number of hydrogen-bond acceptors (Lipinski definition) is 3.